The smallest absolute Gasteiger partial charge is 0.313 e. The third-order valence-electron chi connectivity index (χ3n) is 8.00. The van der Waals surface area contributed by atoms with Crippen LogP contribution in [0.3, 0.4) is 0 Å². The molecule has 2 aromatic heterocycles. The summed E-state index contributed by atoms with van der Waals surface area (Å²) in [4.78, 5) is 18.1. The van der Waals surface area contributed by atoms with Crippen LogP contribution in [0.4, 0.5) is 14.8 Å². The van der Waals surface area contributed by atoms with E-state index in [1.54, 1.807) is 10.6 Å². The van der Waals surface area contributed by atoms with E-state index in [4.69, 9.17) is 38.3 Å². The summed E-state index contributed by atoms with van der Waals surface area (Å²) in [6.07, 6.45) is 5.69. The number of carbonyl (C=O) groups excluding carboxylic acids is 1. The van der Waals surface area contributed by atoms with Crippen LogP contribution in [0.25, 0.3) is 28.5 Å². The van der Waals surface area contributed by atoms with E-state index in [2.05, 4.69) is 15.5 Å². The molecule has 13 heteroatoms. The normalized spacial score (nSPS) is 16.5. The Hall–Kier alpha value is -3.54. The van der Waals surface area contributed by atoms with E-state index >= 15 is 4.39 Å². The number of benzene rings is 2. The number of imidazole rings is 1. The van der Waals surface area contributed by atoms with Gasteiger partial charge in [0.15, 0.2) is 11.5 Å². The molecule has 2 aliphatic carbocycles. The van der Waals surface area contributed by atoms with E-state index in [1.807, 2.05) is 0 Å². The highest BCUT2D eigenvalue weighted by molar-refractivity contribution is 6.31. The zero-order chi connectivity index (χ0) is 29.6. The van der Waals surface area contributed by atoms with Crippen LogP contribution in [-0.4, -0.2) is 42.9 Å². The van der Waals surface area contributed by atoms with E-state index < -0.39 is 17.2 Å². The van der Waals surface area contributed by atoms with Crippen LogP contribution in [0.5, 0.6) is 0 Å². The molecule has 220 valence electrons. The van der Waals surface area contributed by atoms with Gasteiger partial charge in [0.1, 0.15) is 11.6 Å². The highest BCUT2D eigenvalue weighted by Gasteiger charge is 2.43. The Bertz CT molecular complexity index is 1660. The largest absolute Gasteiger partial charge is 0.402 e. The fourth-order valence-corrected chi connectivity index (χ4v) is 5.97. The highest BCUT2D eigenvalue weighted by Crippen LogP contribution is 2.43. The molecule has 1 amide bonds. The lowest BCUT2D eigenvalue weighted by Gasteiger charge is -2.25. The number of anilines is 1. The van der Waals surface area contributed by atoms with Crippen molar-refractivity contribution in [1.82, 2.24) is 25.1 Å². The molecule has 0 radical (unpaired) electrons. The van der Waals surface area contributed by atoms with Crippen molar-refractivity contribution in [2.45, 2.75) is 62.8 Å². The van der Waals surface area contributed by atoms with Crippen molar-refractivity contribution in [3.63, 3.8) is 0 Å². The van der Waals surface area contributed by atoms with Gasteiger partial charge in [0.05, 0.1) is 40.0 Å². The number of carbonyl (C=O) groups is 1. The zero-order valence-electron chi connectivity index (χ0n) is 22.5. The monoisotopic (exact) mass is 616 g/mol. The molecule has 0 atom stereocenters. The number of nitrogens with two attached hydrogens (primary N) is 1. The molecule has 2 saturated carbocycles. The van der Waals surface area contributed by atoms with Crippen LogP contribution < -0.4 is 11.1 Å². The summed E-state index contributed by atoms with van der Waals surface area (Å²) in [6, 6.07) is 6.91. The zero-order valence-corrected chi connectivity index (χ0v) is 24.0. The number of amides is 1. The maximum Gasteiger partial charge on any atom is 0.313 e. The summed E-state index contributed by atoms with van der Waals surface area (Å²) >= 11 is 12.6. The lowest BCUT2D eigenvalue weighted by Crippen LogP contribution is -2.40. The van der Waals surface area contributed by atoms with Crippen LogP contribution in [0.15, 0.2) is 34.7 Å². The van der Waals surface area contributed by atoms with E-state index in [9.17, 15) is 14.3 Å². The number of aliphatic hydroxyl groups is 1. The van der Waals surface area contributed by atoms with Gasteiger partial charge in [0.2, 0.25) is 5.91 Å². The summed E-state index contributed by atoms with van der Waals surface area (Å²) in [5, 5.41) is 20.1. The Labute approximate surface area is 250 Å². The summed E-state index contributed by atoms with van der Waals surface area (Å²) in [6.45, 7) is -0.180. The van der Waals surface area contributed by atoms with Crippen LogP contribution >= 0.6 is 23.2 Å². The second-order valence-electron chi connectivity index (χ2n) is 10.9. The van der Waals surface area contributed by atoms with Crippen molar-refractivity contribution < 1.29 is 23.1 Å². The molecular formula is C29H28Cl2F2N6O3. The minimum absolute atomic E-state index is 0.0147. The molecule has 4 aromatic rings. The molecular weight excluding hydrogens is 589 g/mol. The molecule has 0 bridgehead atoms. The van der Waals surface area contributed by atoms with Gasteiger partial charge < -0.3 is 20.6 Å². The molecule has 2 heterocycles. The molecule has 0 spiro atoms. The predicted molar refractivity (Wildman–Crippen MR) is 153 cm³/mol. The molecule has 2 aliphatic rings. The van der Waals surface area contributed by atoms with Crippen LogP contribution in [-0.2, 0) is 11.2 Å². The predicted octanol–water partition coefficient (Wildman–Crippen LogP) is 5.99. The number of hydrogen-bond acceptors (Lipinski definition) is 7. The van der Waals surface area contributed by atoms with Crippen molar-refractivity contribution in [3.05, 3.63) is 63.4 Å². The highest BCUT2D eigenvalue weighted by atomic mass is 35.5. The minimum Gasteiger partial charge on any atom is -0.402 e. The Balaban J connectivity index is 1.61. The number of aliphatic hydroxyl groups excluding tert-OH is 1. The molecule has 0 unspecified atom stereocenters. The number of rotatable bonds is 8. The second-order valence-corrected chi connectivity index (χ2v) is 11.8. The average Bonchev–Trinajstić information content (AvgIpc) is 3.43. The SMILES string of the molecule is Nc1nnc(-c2nc(C3CCCCC3)n(-c3c(CC(=O)NC4(CO)CC4)ccc(Cl)c3F)c2-c2ccc(F)c(Cl)c2)o1. The topological polar surface area (TPSA) is 132 Å². The number of aromatic nitrogens is 4. The molecule has 42 heavy (non-hydrogen) atoms. The lowest BCUT2D eigenvalue weighted by molar-refractivity contribution is -0.121. The Morgan fingerprint density at radius 2 is 1.88 bits per heavy atom. The first-order chi connectivity index (χ1) is 20.2. The minimum atomic E-state index is -0.759. The van der Waals surface area contributed by atoms with Gasteiger partial charge in [-0.25, -0.2) is 13.8 Å². The van der Waals surface area contributed by atoms with Crippen molar-refractivity contribution in [2.24, 2.45) is 0 Å². The first-order valence-electron chi connectivity index (χ1n) is 13.8. The van der Waals surface area contributed by atoms with Crippen molar-refractivity contribution >= 4 is 35.1 Å². The molecule has 6 rings (SSSR count). The van der Waals surface area contributed by atoms with Gasteiger partial charge in [-0.05, 0) is 55.5 Å². The third kappa shape index (κ3) is 5.36. The maximum absolute atomic E-state index is 16.3. The summed E-state index contributed by atoms with van der Waals surface area (Å²) in [5.74, 6) is -1.35. The Kier molecular flexibility index (Phi) is 7.67. The second kappa shape index (κ2) is 11.3. The first-order valence-corrected chi connectivity index (χ1v) is 14.5. The summed E-state index contributed by atoms with van der Waals surface area (Å²) in [7, 11) is 0. The van der Waals surface area contributed by atoms with Gasteiger partial charge >= 0.3 is 6.01 Å². The quantitative estimate of drug-likeness (QED) is 0.221. The molecule has 4 N–H and O–H groups in total. The van der Waals surface area contributed by atoms with Gasteiger partial charge in [-0.15, -0.1) is 5.10 Å². The van der Waals surface area contributed by atoms with Crippen molar-refractivity contribution in [2.75, 3.05) is 12.3 Å². The van der Waals surface area contributed by atoms with Crippen LogP contribution in [0.2, 0.25) is 10.0 Å². The number of nitrogen functional groups attached to an aromatic ring is 1. The van der Waals surface area contributed by atoms with Crippen LogP contribution in [0, 0.1) is 11.6 Å². The van der Waals surface area contributed by atoms with Crippen molar-refractivity contribution in [3.8, 4) is 28.5 Å². The van der Waals surface area contributed by atoms with Gasteiger partial charge in [0.25, 0.3) is 5.89 Å². The molecule has 0 saturated heterocycles. The Morgan fingerprint density at radius 3 is 2.52 bits per heavy atom. The van der Waals surface area contributed by atoms with Gasteiger partial charge in [0, 0.05) is 11.5 Å². The first kappa shape index (κ1) is 28.6. The molecule has 9 nitrogen and oxygen atoms in total. The number of hydrogen-bond donors (Lipinski definition) is 3. The van der Waals surface area contributed by atoms with E-state index in [0.29, 0.717) is 35.5 Å². The lowest BCUT2D eigenvalue weighted by atomic mass is 9.88. The van der Waals surface area contributed by atoms with Crippen molar-refractivity contribution in [1.29, 1.82) is 0 Å². The molecule has 2 fully saturated rings. The number of nitrogens with one attached hydrogen (secondary N) is 1. The standard InChI is InChI=1S/C29H28Cl2F2N6O3/c30-18-8-6-17(13-21(41)36-29(14-40)10-11-29)24(22(18)33)39-25(16-7-9-20(32)19(31)12-16)23(27-37-38-28(34)42-27)35-26(39)15-4-2-1-3-5-15/h6-9,12,15,40H,1-5,10-11,13-14H2,(H2,34,38)(H,36,41). The van der Waals surface area contributed by atoms with Gasteiger partial charge in [-0.3, -0.25) is 9.36 Å². The van der Waals surface area contributed by atoms with E-state index in [-0.39, 0.29) is 58.2 Å². The fraction of sp³-hybridized carbons (Fsp3) is 0.379. The molecule has 0 aliphatic heterocycles. The number of nitrogens with zero attached hydrogens (tertiary/aromatic N) is 4. The third-order valence-corrected chi connectivity index (χ3v) is 8.58. The van der Waals surface area contributed by atoms with Gasteiger partial charge in [-0.2, -0.15) is 0 Å². The maximum atomic E-state index is 16.3. The van der Waals surface area contributed by atoms with Gasteiger partial charge in [-0.1, -0.05) is 53.6 Å². The van der Waals surface area contributed by atoms with E-state index in [1.165, 1.54) is 24.3 Å². The summed E-state index contributed by atoms with van der Waals surface area (Å²) in [5.41, 5.74) is 6.37. The number of halogens is 4. The molecule has 2 aromatic carbocycles. The Morgan fingerprint density at radius 1 is 1.12 bits per heavy atom. The summed E-state index contributed by atoms with van der Waals surface area (Å²) < 4.78 is 37.8. The van der Waals surface area contributed by atoms with E-state index in [0.717, 1.165) is 32.1 Å². The average molecular weight is 617 g/mol. The fourth-order valence-electron chi connectivity index (χ4n) is 5.64. The van der Waals surface area contributed by atoms with Crippen LogP contribution in [0.1, 0.15) is 62.3 Å².